The Morgan fingerprint density at radius 1 is 1.15 bits per heavy atom. The minimum atomic E-state index is -3.33. The summed E-state index contributed by atoms with van der Waals surface area (Å²) >= 11 is 6.26. The van der Waals surface area contributed by atoms with E-state index >= 15 is 0 Å². The lowest BCUT2D eigenvalue weighted by Gasteiger charge is -2.29. The third-order valence-corrected chi connectivity index (χ3v) is 6.37. The fourth-order valence-corrected chi connectivity index (χ4v) is 4.75. The van der Waals surface area contributed by atoms with E-state index in [1.807, 2.05) is 0 Å². The first kappa shape index (κ1) is 29.2. The van der Waals surface area contributed by atoms with Crippen LogP contribution in [0.15, 0.2) is 41.2 Å². The van der Waals surface area contributed by atoms with Crippen molar-refractivity contribution >= 4 is 34.5 Å². The van der Waals surface area contributed by atoms with E-state index in [-0.39, 0.29) is 40.4 Å². The third kappa shape index (κ3) is 6.03. The van der Waals surface area contributed by atoms with Gasteiger partial charge in [-0.25, -0.2) is 22.9 Å². The van der Waals surface area contributed by atoms with Crippen LogP contribution in [0.2, 0.25) is 5.02 Å². The molecule has 1 aromatic heterocycles. The molecule has 0 unspecified atom stereocenters. The van der Waals surface area contributed by atoms with Crippen molar-refractivity contribution in [2.45, 2.75) is 57.7 Å². The van der Waals surface area contributed by atoms with E-state index in [2.05, 4.69) is 10.3 Å². The summed E-state index contributed by atoms with van der Waals surface area (Å²) in [5, 5.41) is 2.03. The largest absolute Gasteiger partial charge is 0.444 e. The predicted molar refractivity (Wildman–Crippen MR) is 135 cm³/mol. The lowest BCUT2D eigenvalue weighted by molar-refractivity contribution is -0.132. The maximum absolute atomic E-state index is 14.5. The molecule has 1 aliphatic heterocycles. The van der Waals surface area contributed by atoms with Crippen molar-refractivity contribution in [2.24, 2.45) is 0 Å². The van der Waals surface area contributed by atoms with Crippen molar-refractivity contribution in [3.05, 3.63) is 69.0 Å². The van der Waals surface area contributed by atoms with Gasteiger partial charge in [0, 0.05) is 18.2 Å². The average molecular weight is 587 g/mol. The topological polar surface area (TPSA) is 93.5 Å². The zero-order chi connectivity index (χ0) is 29.5. The molecule has 2 heterocycles. The molecule has 14 heteroatoms. The average Bonchev–Trinajstić information content (AvgIpc) is 3.26. The molecule has 214 valence electrons. The smallest absolute Gasteiger partial charge is 0.410 e. The van der Waals surface area contributed by atoms with Gasteiger partial charge < -0.3 is 10.1 Å². The highest BCUT2D eigenvalue weighted by atomic mass is 35.5. The van der Waals surface area contributed by atoms with Crippen molar-refractivity contribution in [3.8, 4) is 5.69 Å². The highest BCUT2D eigenvalue weighted by Gasteiger charge is 2.42. The molecular weight excluding hydrogens is 563 g/mol. The molecule has 40 heavy (non-hydrogen) atoms. The molecule has 2 amide bonds. The Morgan fingerprint density at radius 2 is 1.85 bits per heavy atom. The normalized spacial score (nSPS) is 17.6. The highest BCUT2D eigenvalue weighted by molar-refractivity contribution is 6.35. The molecule has 1 N–H and O–H groups in total. The van der Waals surface area contributed by atoms with Crippen LogP contribution in [0, 0.1) is 5.82 Å². The first-order valence-corrected chi connectivity index (χ1v) is 12.4. The standard InChI is InChI=1S/C26H24ClF5N4O4/c1-26(2,3)40-25(39)35-11-14(33-23(37)21(31)32)10-18(35)22-34-17-6-4-5-16(27)19(17)24(38)36(22)15-8-12(20(29)30)7-13(28)9-15/h4-9,14,18,20-21H,10-11H2,1-3H3,(H,33,37)/t14-,18+/m1/s1. The maximum atomic E-state index is 14.5. The van der Waals surface area contributed by atoms with Gasteiger partial charge in [0.15, 0.2) is 0 Å². The highest BCUT2D eigenvalue weighted by Crippen LogP contribution is 2.35. The van der Waals surface area contributed by atoms with E-state index < -0.39 is 59.5 Å². The number of nitrogens with one attached hydrogen (secondary N) is 1. The van der Waals surface area contributed by atoms with Crippen molar-refractivity contribution in [3.63, 3.8) is 0 Å². The van der Waals surface area contributed by atoms with E-state index in [4.69, 9.17) is 16.3 Å². The number of hydrogen-bond acceptors (Lipinski definition) is 5. The fraction of sp³-hybridized carbons (Fsp3) is 0.385. The van der Waals surface area contributed by atoms with Crippen LogP contribution >= 0.6 is 11.6 Å². The van der Waals surface area contributed by atoms with E-state index in [1.54, 1.807) is 20.8 Å². The van der Waals surface area contributed by atoms with E-state index in [1.165, 1.54) is 18.2 Å². The summed E-state index contributed by atoms with van der Waals surface area (Å²) in [5.41, 5.74) is -2.79. The van der Waals surface area contributed by atoms with Gasteiger partial charge in [-0.2, -0.15) is 8.78 Å². The number of halogens is 6. The Labute approximate surface area is 229 Å². The number of amides is 2. The summed E-state index contributed by atoms with van der Waals surface area (Å²) in [6.07, 6.45) is -7.52. The number of likely N-dealkylation sites (tertiary alicyclic amines) is 1. The number of carbonyl (C=O) groups is 2. The maximum Gasteiger partial charge on any atom is 0.410 e. The number of alkyl halides is 4. The molecule has 3 aromatic rings. The number of aromatic nitrogens is 2. The van der Waals surface area contributed by atoms with E-state index in [9.17, 15) is 36.3 Å². The molecule has 0 spiro atoms. The van der Waals surface area contributed by atoms with Gasteiger partial charge in [-0.1, -0.05) is 17.7 Å². The van der Waals surface area contributed by atoms with Crippen LogP contribution in [0.3, 0.4) is 0 Å². The van der Waals surface area contributed by atoms with Crippen LogP contribution in [0.25, 0.3) is 16.6 Å². The molecule has 0 bridgehead atoms. The van der Waals surface area contributed by atoms with Gasteiger partial charge in [-0.05, 0) is 57.5 Å². The van der Waals surface area contributed by atoms with Gasteiger partial charge in [-0.3, -0.25) is 19.1 Å². The zero-order valence-electron chi connectivity index (χ0n) is 21.4. The Bertz CT molecular complexity index is 1530. The number of ether oxygens (including phenoxy) is 1. The van der Waals surface area contributed by atoms with Crippen LogP contribution in [0.1, 0.15) is 51.0 Å². The summed E-state index contributed by atoms with van der Waals surface area (Å²) in [6.45, 7) is 4.48. The number of carbonyl (C=O) groups excluding carboxylic acids is 2. The van der Waals surface area contributed by atoms with Crippen LogP contribution < -0.4 is 10.9 Å². The van der Waals surface area contributed by atoms with Crippen LogP contribution in [0.4, 0.5) is 26.7 Å². The van der Waals surface area contributed by atoms with Gasteiger partial charge in [0.25, 0.3) is 17.9 Å². The molecule has 8 nitrogen and oxygen atoms in total. The SMILES string of the molecule is CC(C)(C)OC(=O)N1C[C@H](NC(=O)C(F)F)C[C@H]1c1nc2cccc(Cl)c2c(=O)n1-c1cc(F)cc(C(F)F)c1. The van der Waals surface area contributed by atoms with Crippen LogP contribution in [0.5, 0.6) is 0 Å². The third-order valence-electron chi connectivity index (χ3n) is 6.06. The molecule has 1 fully saturated rings. The lowest BCUT2D eigenvalue weighted by Crippen LogP contribution is -2.42. The Morgan fingerprint density at radius 3 is 2.48 bits per heavy atom. The number of benzene rings is 2. The second kappa shape index (κ2) is 11.0. The molecule has 0 aliphatic carbocycles. The van der Waals surface area contributed by atoms with Crippen molar-refractivity contribution in [1.29, 1.82) is 0 Å². The Hall–Kier alpha value is -3.74. The fourth-order valence-electron chi connectivity index (χ4n) is 4.50. The molecule has 2 aromatic carbocycles. The molecule has 1 aliphatic rings. The van der Waals surface area contributed by atoms with E-state index in [0.717, 1.165) is 21.6 Å². The van der Waals surface area contributed by atoms with Crippen molar-refractivity contribution in [2.75, 3.05) is 6.54 Å². The molecule has 1 saturated heterocycles. The zero-order valence-corrected chi connectivity index (χ0v) is 22.2. The Kier molecular flexibility index (Phi) is 8.06. The number of fused-ring (bicyclic) bond motifs is 1. The van der Waals surface area contributed by atoms with Gasteiger partial charge in [0.1, 0.15) is 17.2 Å². The van der Waals surface area contributed by atoms with E-state index in [0.29, 0.717) is 6.07 Å². The quantitative estimate of drug-likeness (QED) is 0.396. The second-order valence-corrected chi connectivity index (χ2v) is 10.6. The van der Waals surface area contributed by atoms with Gasteiger partial charge in [0.2, 0.25) is 0 Å². The number of rotatable bonds is 5. The number of nitrogens with zero attached hydrogens (tertiary/aromatic N) is 3. The van der Waals surface area contributed by atoms with Gasteiger partial charge in [-0.15, -0.1) is 0 Å². The summed E-state index contributed by atoms with van der Waals surface area (Å²) in [6, 6.07) is 4.51. The number of hydrogen-bond donors (Lipinski definition) is 1. The predicted octanol–water partition coefficient (Wildman–Crippen LogP) is 5.55. The minimum Gasteiger partial charge on any atom is -0.444 e. The van der Waals surface area contributed by atoms with Gasteiger partial charge in [0.05, 0.1) is 27.7 Å². The molecular formula is C26H24ClF5N4O4. The first-order chi connectivity index (χ1) is 18.7. The van der Waals surface area contributed by atoms with Crippen LogP contribution in [-0.4, -0.2) is 51.1 Å². The minimum absolute atomic E-state index is 0.0155. The van der Waals surface area contributed by atoms with Gasteiger partial charge >= 0.3 is 12.5 Å². The molecule has 4 rings (SSSR count). The summed E-state index contributed by atoms with van der Waals surface area (Å²) in [7, 11) is 0. The van der Waals surface area contributed by atoms with Crippen molar-refractivity contribution in [1.82, 2.24) is 19.8 Å². The summed E-state index contributed by atoms with van der Waals surface area (Å²) in [4.78, 5) is 44.3. The van der Waals surface area contributed by atoms with Crippen molar-refractivity contribution < 1.29 is 36.3 Å². The summed E-state index contributed by atoms with van der Waals surface area (Å²) < 4.78 is 73.9. The Balaban J connectivity index is 1.96. The monoisotopic (exact) mass is 586 g/mol. The molecule has 0 radical (unpaired) electrons. The lowest BCUT2D eigenvalue weighted by atomic mass is 10.1. The van der Waals surface area contributed by atoms with Crippen LogP contribution in [-0.2, 0) is 9.53 Å². The molecule has 0 saturated carbocycles. The molecule has 2 atom stereocenters. The second-order valence-electron chi connectivity index (χ2n) is 10.2. The summed E-state index contributed by atoms with van der Waals surface area (Å²) in [5.74, 6) is -2.84. The first-order valence-electron chi connectivity index (χ1n) is 12.0.